The monoisotopic (exact) mass is 478 g/mol. The van der Waals surface area contributed by atoms with Crippen molar-refractivity contribution < 1.29 is 17.9 Å². The molecule has 1 aliphatic heterocycles. The van der Waals surface area contributed by atoms with Crippen LogP contribution >= 0.6 is 0 Å². The minimum atomic E-state index is -3.68. The van der Waals surface area contributed by atoms with Crippen molar-refractivity contribution in [3.63, 3.8) is 0 Å². The SMILES string of the molecule is COc1ccc(C(=O)N2c3cc(CNS(=O)(=O)c4c(C)cc(C)cc4C)ccc3CC2C)cc1. The number of hydrogen-bond donors (Lipinski definition) is 1. The number of benzene rings is 3. The lowest BCUT2D eigenvalue weighted by Gasteiger charge is -2.23. The van der Waals surface area contributed by atoms with Gasteiger partial charge in [-0.3, -0.25) is 4.79 Å². The summed E-state index contributed by atoms with van der Waals surface area (Å²) in [5, 5.41) is 0. The van der Waals surface area contributed by atoms with Gasteiger partial charge in [0.1, 0.15) is 5.75 Å². The molecular formula is C27H30N2O4S. The van der Waals surface area contributed by atoms with Crippen LogP contribution in [0.5, 0.6) is 5.75 Å². The van der Waals surface area contributed by atoms with Crippen molar-refractivity contribution in [3.05, 3.63) is 88.0 Å². The molecule has 3 aromatic rings. The zero-order chi connectivity index (χ0) is 24.6. The predicted molar refractivity (Wildman–Crippen MR) is 134 cm³/mol. The molecule has 4 rings (SSSR count). The Bertz CT molecular complexity index is 1320. The van der Waals surface area contributed by atoms with E-state index in [1.165, 1.54) is 0 Å². The maximum absolute atomic E-state index is 13.3. The van der Waals surface area contributed by atoms with E-state index in [1.54, 1.807) is 36.3 Å². The second-order valence-electron chi connectivity index (χ2n) is 8.97. The zero-order valence-electron chi connectivity index (χ0n) is 20.2. The predicted octanol–water partition coefficient (Wildman–Crippen LogP) is 4.69. The molecule has 0 spiro atoms. The fraction of sp³-hybridized carbons (Fsp3) is 0.296. The highest BCUT2D eigenvalue weighted by atomic mass is 32.2. The standard InChI is InChI=1S/C27H30N2O4S/c1-17-12-18(2)26(19(3)13-17)34(31,32)28-16-21-6-7-23-14-20(4)29(25(23)15-21)27(30)22-8-10-24(33-5)11-9-22/h6-13,15,20,28H,14,16H2,1-5H3. The van der Waals surface area contributed by atoms with Crippen LogP contribution in [0.25, 0.3) is 0 Å². The third-order valence-corrected chi connectivity index (χ3v) is 7.97. The summed E-state index contributed by atoms with van der Waals surface area (Å²) in [4.78, 5) is 15.4. The Morgan fingerprint density at radius 1 is 1.03 bits per heavy atom. The Balaban J connectivity index is 1.58. The van der Waals surface area contributed by atoms with Gasteiger partial charge in [-0.2, -0.15) is 0 Å². The summed E-state index contributed by atoms with van der Waals surface area (Å²) in [6.07, 6.45) is 0.755. The Labute approximate surface area is 201 Å². The van der Waals surface area contributed by atoms with Gasteiger partial charge in [-0.15, -0.1) is 0 Å². The minimum absolute atomic E-state index is 0.00870. The first-order chi connectivity index (χ1) is 16.1. The van der Waals surface area contributed by atoms with E-state index >= 15 is 0 Å². The Morgan fingerprint density at radius 3 is 2.29 bits per heavy atom. The molecule has 0 saturated heterocycles. The summed E-state index contributed by atoms with van der Waals surface area (Å²) in [5.74, 6) is 0.609. The van der Waals surface area contributed by atoms with Crippen LogP contribution in [-0.2, 0) is 23.0 Å². The van der Waals surface area contributed by atoms with E-state index in [1.807, 2.05) is 58.0 Å². The van der Waals surface area contributed by atoms with Crippen molar-refractivity contribution in [2.75, 3.05) is 12.0 Å². The van der Waals surface area contributed by atoms with Gasteiger partial charge in [0.2, 0.25) is 10.0 Å². The molecule has 1 heterocycles. The van der Waals surface area contributed by atoms with Crippen LogP contribution in [0.2, 0.25) is 0 Å². The highest BCUT2D eigenvalue weighted by Crippen LogP contribution is 2.34. The van der Waals surface area contributed by atoms with Gasteiger partial charge in [0, 0.05) is 23.8 Å². The first-order valence-corrected chi connectivity index (χ1v) is 12.8. The number of fused-ring (bicyclic) bond motifs is 1. The fourth-order valence-corrected chi connectivity index (χ4v) is 6.25. The molecule has 34 heavy (non-hydrogen) atoms. The van der Waals surface area contributed by atoms with Crippen LogP contribution in [0, 0.1) is 20.8 Å². The summed E-state index contributed by atoms with van der Waals surface area (Å²) < 4.78 is 34.1. The average molecular weight is 479 g/mol. The summed E-state index contributed by atoms with van der Waals surface area (Å²) in [7, 11) is -2.09. The van der Waals surface area contributed by atoms with Crippen LogP contribution < -0.4 is 14.4 Å². The van der Waals surface area contributed by atoms with Crippen molar-refractivity contribution in [3.8, 4) is 5.75 Å². The van der Waals surface area contributed by atoms with Crippen molar-refractivity contribution in [1.29, 1.82) is 0 Å². The smallest absolute Gasteiger partial charge is 0.258 e. The number of nitrogens with zero attached hydrogens (tertiary/aromatic N) is 1. The molecular weight excluding hydrogens is 448 g/mol. The van der Waals surface area contributed by atoms with Gasteiger partial charge in [-0.25, -0.2) is 13.1 Å². The number of anilines is 1. The molecule has 1 unspecified atom stereocenters. The van der Waals surface area contributed by atoms with Crippen molar-refractivity contribution in [2.24, 2.45) is 0 Å². The summed E-state index contributed by atoms with van der Waals surface area (Å²) in [6.45, 7) is 7.74. The molecule has 1 atom stereocenters. The quantitative estimate of drug-likeness (QED) is 0.558. The summed E-state index contributed by atoms with van der Waals surface area (Å²) >= 11 is 0. The number of nitrogens with one attached hydrogen (secondary N) is 1. The fourth-order valence-electron chi connectivity index (χ4n) is 4.79. The molecule has 0 saturated carbocycles. The molecule has 0 bridgehead atoms. The lowest BCUT2D eigenvalue weighted by Crippen LogP contribution is -2.35. The van der Waals surface area contributed by atoms with Crippen molar-refractivity contribution in [2.45, 2.75) is 51.6 Å². The molecule has 0 aliphatic carbocycles. The van der Waals surface area contributed by atoms with Gasteiger partial charge in [-0.05, 0) is 86.7 Å². The third kappa shape index (κ3) is 4.58. The van der Waals surface area contributed by atoms with Gasteiger partial charge in [-0.1, -0.05) is 29.8 Å². The van der Waals surface area contributed by atoms with E-state index in [4.69, 9.17) is 4.74 Å². The second kappa shape index (κ2) is 9.24. The van der Waals surface area contributed by atoms with E-state index in [2.05, 4.69) is 4.72 Å². The van der Waals surface area contributed by atoms with E-state index in [-0.39, 0.29) is 18.5 Å². The number of rotatable bonds is 6. The molecule has 178 valence electrons. The second-order valence-corrected chi connectivity index (χ2v) is 10.7. The van der Waals surface area contributed by atoms with Crippen LogP contribution in [0.15, 0.2) is 59.5 Å². The Kier molecular flexibility index (Phi) is 6.51. The molecule has 0 radical (unpaired) electrons. The molecule has 6 nitrogen and oxygen atoms in total. The first-order valence-electron chi connectivity index (χ1n) is 11.3. The van der Waals surface area contributed by atoms with E-state index in [9.17, 15) is 13.2 Å². The number of carbonyl (C=O) groups excluding carboxylic acids is 1. The number of carbonyl (C=O) groups is 1. The average Bonchev–Trinajstić information content (AvgIpc) is 3.11. The van der Waals surface area contributed by atoms with Gasteiger partial charge in [0.05, 0.1) is 12.0 Å². The number of amides is 1. The Morgan fingerprint density at radius 2 is 1.68 bits per heavy atom. The van der Waals surface area contributed by atoms with Gasteiger partial charge < -0.3 is 9.64 Å². The molecule has 7 heteroatoms. The van der Waals surface area contributed by atoms with Gasteiger partial charge in [0.25, 0.3) is 5.91 Å². The van der Waals surface area contributed by atoms with Gasteiger partial charge in [0.15, 0.2) is 0 Å². The van der Waals surface area contributed by atoms with E-state index in [0.29, 0.717) is 16.2 Å². The van der Waals surface area contributed by atoms with Crippen LogP contribution in [0.4, 0.5) is 5.69 Å². The molecule has 1 aliphatic rings. The minimum Gasteiger partial charge on any atom is -0.497 e. The molecule has 1 amide bonds. The lowest BCUT2D eigenvalue weighted by molar-refractivity contribution is 0.0981. The third-order valence-electron chi connectivity index (χ3n) is 6.26. The highest BCUT2D eigenvalue weighted by molar-refractivity contribution is 7.89. The maximum atomic E-state index is 13.3. The zero-order valence-corrected chi connectivity index (χ0v) is 21.0. The largest absolute Gasteiger partial charge is 0.497 e. The number of hydrogen-bond acceptors (Lipinski definition) is 4. The Hall–Kier alpha value is -3.16. The molecule has 3 aromatic carbocycles. The topological polar surface area (TPSA) is 75.7 Å². The normalized spacial score (nSPS) is 15.3. The van der Waals surface area contributed by atoms with Crippen LogP contribution in [0.3, 0.4) is 0 Å². The van der Waals surface area contributed by atoms with Crippen molar-refractivity contribution in [1.82, 2.24) is 4.72 Å². The van der Waals surface area contributed by atoms with Crippen LogP contribution in [-0.4, -0.2) is 27.5 Å². The molecule has 0 aromatic heterocycles. The number of methoxy groups -OCH3 is 1. The highest BCUT2D eigenvalue weighted by Gasteiger charge is 2.32. The van der Waals surface area contributed by atoms with E-state index in [0.717, 1.165) is 39.9 Å². The van der Waals surface area contributed by atoms with E-state index < -0.39 is 10.0 Å². The maximum Gasteiger partial charge on any atom is 0.258 e. The number of sulfonamides is 1. The summed E-state index contributed by atoms with van der Waals surface area (Å²) in [5.41, 5.74) is 5.76. The van der Waals surface area contributed by atoms with Crippen molar-refractivity contribution >= 4 is 21.6 Å². The number of aryl methyl sites for hydroxylation is 3. The van der Waals surface area contributed by atoms with Gasteiger partial charge >= 0.3 is 0 Å². The first kappa shape index (κ1) is 24.0. The van der Waals surface area contributed by atoms with Crippen LogP contribution in [0.1, 0.15) is 45.1 Å². The molecule has 0 fully saturated rings. The number of ether oxygens (including phenoxy) is 1. The lowest BCUT2D eigenvalue weighted by atomic mass is 10.1. The molecule has 1 N–H and O–H groups in total. The summed E-state index contributed by atoms with van der Waals surface area (Å²) in [6, 6.07) is 16.6.